The highest BCUT2D eigenvalue weighted by Crippen LogP contribution is 2.32. The Kier molecular flexibility index (Phi) is 5.26. The number of benzene rings is 2. The molecule has 2 atom stereocenters. The predicted molar refractivity (Wildman–Crippen MR) is 112 cm³/mol. The molecule has 2 aromatic rings. The molecular formula is C21H20ClN5O3. The van der Waals surface area contributed by atoms with Crippen LogP contribution in [0.1, 0.15) is 25.3 Å². The SMILES string of the molecule is CC(C)c1ccc(N2C(=O)C3N=NN(CC(=O)Nc4ccccc4Cl)C3C2=O)cc1. The monoisotopic (exact) mass is 425 g/mol. The summed E-state index contributed by atoms with van der Waals surface area (Å²) < 4.78 is 0. The van der Waals surface area contributed by atoms with Gasteiger partial charge in [-0.2, -0.15) is 5.11 Å². The molecule has 4 rings (SSSR count). The lowest BCUT2D eigenvalue weighted by molar-refractivity contribution is -0.123. The third-order valence-electron chi connectivity index (χ3n) is 5.13. The zero-order chi connectivity index (χ0) is 21.4. The summed E-state index contributed by atoms with van der Waals surface area (Å²) in [5.74, 6) is -0.968. The summed E-state index contributed by atoms with van der Waals surface area (Å²) in [6.07, 6.45) is 0. The highest BCUT2D eigenvalue weighted by atomic mass is 35.5. The maximum Gasteiger partial charge on any atom is 0.263 e. The van der Waals surface area contributed by atoms with Crippen molar-refractivity contribution in [1.29, 1.82) is 0 Å². The van der Waals surface area contributed by atoms with Crippen molar-refractivity contribution in [3.05, 3.63) is 59.1 Å². The second-order valence-electron chi connectivity index (χ2n) is 7.48. The van der Waals surface area contributed by atoms with E-state index >= 15 is 0 Å². The summed E-state index contributed by atoms with van der Waals surface area (Å²) in [6.45, 7) is 3.91. The second-order valence-corrected chi connectivity index (χ2v) is 7.89. The first-order chi connectivity index (χ1) is 14.4. The minimum Gasteiger partial charge on any atom is -0.323 e. The predicted octanol–water partition coefficient (Wildman–Crippen LogP) is 3.40. The molecule has 2 aromatic carbocycles. The Hall–Kier alpha value is -3.26. The normalized spacial score (nSPS) is 20.3. The molecule has 2 unspecified atom stereocenters. The van der Waals surface area contributed by atoms with Gasteiger partial charge in [0, 0.05) is 0 Å². The molecular weight excluding hydrogens is 406 g/mol. The Labute approximate surface area is 178 Å². The van der Waals surface area contributed by atoms with Crippen molar-refractivity contribution >= 4 is 40.7 Å². The van der Waals surface area contributed by atoms with Gasteiger partial charge in [-0.05, 0) is 35.7 Å². The summed E-state index contributed by atoms with van der Waals surface area (Å²) in [7, 11) is 0. The van der Waals surface area contributed by atoms with E-state index in [4.69, 9.17) is 11.6 Å². The van der Waals surface area contributed by atoms with Crippen LogP contribution in [-0.2, 0) is 14.4 Å². The van der Waals surface area contributed by atoms with Gasteiger partial charge in [0.15, 0.2) is 12.1 Å². The number of imide groups is 1. The van der Waals surface area contributed by atoms with Crippen molar-refractivity contribution < 1.29 is 14.4 Å². The maximum atomic E-state index is 13.0. The topological polar surface area (TPSA) is 94.4 Å². The van der Waals surface area contributed by atoms with Gasteiger partial charge in [-0.15, -0.1) is 0 Å². The number of rotatable bonds is 5. The summed E-state index contributed by atoms with van der Waals surface area (Å²) in [6, 6.07) is 12.2. The van der Waals surface area contributed by atoms with E-state index in [-0.39, 0.29) is 6.54 Å². The first-order valence-corrected chi connectivity index (χ1v) is 9.94. The van der Waals surface area contributed by atoms with Crippen LogP contribution in [0.2, 0.25) is 5.02 Å². The molecule has 0 radical (unpaired) electrons. The molecule has 9 heteroatoms. The van der Waals surface area contributed by atoms with Crippen LogP contribution in [0.15, 0.2) is 58.9 Å². The summed E-state index contributed by atoms with van der Waals surface area (Å²) in [4.78, 5) is 39.4. The minimum absolute atomic E-state index is 0.227. The lowest BCUT2D eigenvalue weighted by atomic mass is 10.0. The number of carbonyl (C=O) groups excluding carboxylic acids is 3. The summed E-state index contributed by atoms with van der Waals surface area (Å²) in [5, 5.41) is 12.2. The molecule has 1 fully saturated rings. The number of hydrogen-bond donors (Lipinski definition) is 1. The van der Waals surface area contributed by atoms with E-state index in [1.54, 1.807) is 36.4 Å². The lowest BCUT2D eigenvalue weighted by Crippen LogP contribution is -2.43. The van der Waals surface area contributed by atoms with Gasteiger partial charge in [0.2, 0.25) is 5.91 Å². The standard InChI is InChI=1S/C21H20ClN5O3/c1-12(2)13-7-9-14(10-8-13)27-20(29)18-19(21(27)30)26(25-24-18)11-17(28)23-16-6-4-3-5-15(16)22/h3-10,12,18-19H,11H2,1-2H3,(H,23,28). The fraction of sp³-hybridized carbons (Fsp3) is 0.286. The maximum absolute atomic E-state index is 13.0. The van der Waals surface area contributed by atoms with Crippen LogP contribution in [0, 0.1) is 0 Å². The quantitative estimate of drug-likeness (QED) is 0.743. The van der Waals surface area contributed by atoms with Gasteiger partial charge in [-0.25, -0.2) is 4.90 Å². The van der Waals surface area contributed by atoms with E-state index in [9.17, 15) is 14.4 Å². The van der Waals surface area contributed by atoms with Crippen molar-refractivity contribution in [3.8, 4) is 0 Å². The number of anilines is 2. The average Bonchev–Trinajstić information content (AvgIpc) is 3.23. The van der Waals surface area contributed by atoms with Crippen molar-refractivity contribution in [2.24, 2.45) is 10.3 Å². The van der Waals surface area contributed by atoms with Crippen LogP contribution < -0.4 is 10.2 Å². The molecule has 8 nitrogen and oxygen atoms in total. The third kappa shape index (κ3) is 3.54. The molecule has 1 saturated heterocycles. The minimum atomic E-state index is -0.949. The van der Waals surface area contributed by atoms with Crippen LogP contribution in [0.25, 0.3) is 0 Å². The number of halogens is 1. The molecule has 1 N–H and O–H groups in total. The first kappa shape index (κ1) is 20.0. The molecule has 0 aliphatic carbocycles. The second kappa shape index (κ2) is 7.87. The Balaban J connectivity index is 1.49. The number of nitrogens with one attached hydrogen (secondary N) is 1. The van der Waals surface area contributed by atoms with Gasteiger partial charge in [0.1, 0.15) is 6.54 Å². The van der Waals surface area contributed by atoms with Gasteiger partial charge in [0.25, 0.3) is 11.8 Å². The van der Waals surface area contributed by atoms with Crippen LogP contribution in [0.4, 0.5) is 11.4 Å². The van der Waals surface area contributed by atoms with E-state index in [1.165, 1.54) is 5.01 Å². The molecule has 0 saturated carbocycles. The average molecular weight is 426 g/mol. The zero-order valence-corrected chi connectivity index (χ0v) is 17.2. The number of carbonyl (C=O) groups is 3. The summed E-state index contributed by atoms with van der Waals surface area (Å²) in [5.41, 5.74) is 2.05. The summed E-state index contributed by atoms with van der Waals surface area (Å²) >= 11 is 6.06. The van der Waals surface area contributed by atoms with Crippen LogP contribution in [0.3, 0.4) is 0 Å². The van der Waals surface area contributed by atoms with E-state index in [0.717, 1.165) is 10.5 Å². The van der Waals surface area contributed by atoms with E-state index in [1.807, 2.05) is 12.1 Å². The molecule has 154 valence electrons. The number of hydrogen-bond acceptors (Lipinski definition) is 6. The van der Waals surface area contributed by atoms with E-state index < -0.39 is 29.8 Å². The van der Waals surface area contributed by atoms with Crippen molar-refractivity contribution in [3.63, 3.8) is 0 Å². The lowest BCUT2D eigenvalue weighted by Gasteiger charge is -2.20. The number of amides is 3. The van der Waals surface area contributed by atoms with Gasteiger partial charge in [-0.3, -0.25) is 19.4 Å². The number of fused-ring (bicyclic) bond motifs is 1. The highest BCUT2D eigenvalue weighted by molar-refractivity contribution is 6.33. The van der Waals surface area contributed by atoms with Gasteiger partial charge in [0.05, 0.1) is 16.4 Å². The molecule has 3 amide bonds. The largest absolute Gasteiger partial charge is 0.323 e. The van der Waals surface area contributed by atoms with Crippen LogP contribution in [-0.4, -0.2) is 41.4 Å². The number of nitrogens with zero attached hydrogens (tertiary/aromatic N) is 4. The molecule has 30 heavy (non-hydrogen) atoms. The van der Waals surface area contributed by atoms with Crippen molar-refractivity contribution in [1.82, 2.24) is 5.01 Å². The molecule has 0 spiro atoms. The fourth-order valence-corrected chi connectivity index (χ4v) is 3.70. The van der Waals surface area contributed by atoms with Crippen LogP contribution in [0.5, 0.6) is 0 Å². The molecule has 2 heterocycles. The third-order valence-corrected chi connectivity index (χ3v) is 5.46. The Bertz CT molecular complexity index is 1040. The number of para-hydroxylation sites is 1. The van der Waals surface area contributed by atoms with Crippen molar-refractivity contribution in [2.75, 3.05) is 16.8 Å². The van der Waals surface area contributed by atoms with E-state index in [0.29, 0.717) is 22.3 Å². The molecule has 0 bridgehead atoms. The van der Waals surface area contributed by atoms with Gasteiger partial charge in [-0.1, -0.05) is 54.9 Å². The zero-order valence-electron chi connectivity index (χ0n) is 16.4. The Morgan fingerprint density at radius 3 is 2.47 bits per heavy atom. The smallest absolute Gasteiger partial charge is 0.263 e. The molecule has 2 aliphatic rings. The molecule has 2 aliphatic heterocycles. The van der Waals surface area contributed by atoms with Gasteiger partial charge >= 0.3 is 0 Å². The molecule has 0 aromatic heterocycles. The Morgan fingerprint density at radius 2 is 1.80 bits per heavy atom. The Morgan fingerprint density at radius 1 is 1.10 bits per heavy atom. The van der Waals surface area contributed by atoms with Crippen molar-refractivity contribution in [2.45, 2.75) is 31.8 Å². The fourth-order valence-electron chi connectivity index (χ4n) is 3.52. The van der Waals surface area contributed by atoms with Gasteiger partial charge < -0.3 is 5.32 Å². The van der Waals surface area contributed by atoms with Crippen LogP contribution >= 0.6 is 11.6 Å². The van der Waals surface area contributed by atoms with E-state index in [2.05, 4.69) is 29.5 Å². The highest BCUT2D eigenvalue weighted by Gasteiger charge is 2.55. The first-order valence-electron chi connectivity index (χ1n) is 9.56.